The van der Waals surface area contributed by atoms with Gasteiger partial charge < -0.3 is 14.5 Å². The van der Waals surface area contributed by atoms with Gasteiger partial charge >= 0.3 is 11.7 Å². The molecule has 2 aliphatic rings. The zero-order valence-corrected chi connectivity index (χ0v) is 18.6. The summed E-state index contributed by atoms with van der Waals surface area (Å²) in [5, 5.41) is 0. The van der Waals surface area contributed by atoms with Crippen LogP contribution in [0.4, 0.5) is 15.1 Å². The average molecular weight is 455 g/mol. The first kappa shape index (κ1) is 21.6. The molecule has 9 nitrogen and oxygen atoms in total. The van der Waals surface area contributed by atoms with Gasteiger partial charge in [0.25, 0.3) is 0 Å². The molecule has 1 aromatic carbocycles. The summed E-state index contributed by atoms with van der Waals surface area (Å²) >= 11 is 0. The maximum atomic E-state index is 13.3. The number of hydrogen-bond donors (Lipinski definition) is 0. The maximum Gasteiger partial charge on any atom is 0.338 e. The van der Waals surface area contributed by atoms with E-state index in [0.717, 1.165) is 24.8 Å². The fourth-order valence-electron chi connectivity index (χ4n) is 4.61. The number of hydrogen-bond acceptors (Lipinski definition) is 6. The highest BCUT2D eigenvalue weighted by Crippen LogP contribution is 2.23. The number of rotatable bonds is 4. The summed E-state index contributed by atoms with van der Waals surface area (Å²) in [7, 11) is 1.63. The number of benzene rings is 1. The molecule has 4 heterocycles. The Morgan fingerprint density at radius 1 is 1.18 bits per heavy atom. The van der Waals surface area contributed by atoms with Crippen molar-refractivity contribution in [1.29, 1.82) is 0 Å². The van der Waals surface area contributed by atoms with Crippen LogP contribution in [0.1, 0.15) is 18.4 Å². The van der Waals surface area contributed by atoms with Gasteiger partial charge in [-0.2, -0.15) is 4.98 Å². The summed E-state index contributed by atoms with van der Waals surface area (Å²) in [4.78, 5) is 39.0. The molecule has 0 saturated carbocycles. The second kappa shape index (κ2) is 8.93. The number of carbonyl (C=O) groups is 1. The van der Waals surface area contributed by atoms with Gasteiger partial charge in [-0.3, -0.25) is 4.57 Å². The Bertz CT molecular complexity index is 1220. The van der Waals surface area contributed by atoms with Crippen molar-refractivity contribution in [2.45, 2.75) is 19.3 Å². The molecule has 2 aromatic heterocycles. The van der Waals surface area contributed by atoms with Gasteiger partial charge in [0.2, 0.25) is 5.95 Å². The van der Waals surface area contributed by atoms with E-state index in [-0.39, 0.29) is 11.8 Å². The minimum Gasteiger partial charge on any atom is -0.378 e. The van der Waals surface area contributed by atoms with E-state index >= 15 is 0 Å². The quantitative estimate of drug-likeness (QED) is 0.600. The van der Waals surface area contributed by atoms with E-state index < -0.39 is 5.69 Å². The van der Waals surface area contributed by atoms with Gasteiger partial charge in [-0.25, -0.2) is 23.5 Å². The number of fused-ring (bicyclic) bond motifs is 1. The number of amides is 1. The molecule has 0 N–H and O–H groups in total. The van der Waals surface area contributed by atoms with E-state index in [9.17, 15) is 14.0 Å². The van der Waals surface area contributed by atoms with Crippen molar-refractivity contribution in [2.75, 3.05) is 44.3 Å². The lowest BCUT2D eigenvalue weighted by molar-refractivity contribution is 0.122. The number of aromatic nitrogens is 4. The van der Waals surface area contributed by atoms with Crippen molar-refractivity contribution < 1.29 is 13.9 Å². The first-order chi connectivity index (χ1) is 16.0. The van der Waals surface area contributed by atoms with E-state index in [1.165, 1.54) is 21.3 Å². The Kier molecular flexibility index (Phi) is 5.84. The van der Waals surface area contributed by atoms with Gasteiger partial charge in [0.1, 0.15) is 11.3 Å². The smallest absolute Gasteiger partial charge is 0.338 e. The maximum absolute atomic E-state index is 13.3. The molecule has 0 spiro atoms. The molecular weight excluding hydrogens is 427 g/mol. The molecule has 174 valence electrons. The van der Waals surface area contributed by atoms with Gasteiger partial charge in [-0.15, -0.1) is 0 Å². The van der Waals surface area contributed by atoms with Crippen molar-refractivity contribution in [1.82, 2.24) is 24.0 Å². The van der Waals surface area contributed by atoms with Crippen molar-refractivity contribution in [3.05, 3.63) is 52.3 Å². The van der Waals surface area contributed by atoms with Gasteiger partial charge in [0.15, 0.2) is 5.65 Å². The fourth-order valence-corrected chi connectivity index (χ4v) is 4.61. The van der Waals surface area contributed by atoms with Gasteiger partial charge in [-0.05, 0) is 42.9 Å². The van der Waals surface area contributed by atoms with Crippen LogP contribution in [-0.4, -0.2) is 69.4 Å². The third-order valence-electron chi connectivity index (χ3n) is 6.57. The molecule has 1 amide bonds. The Hall–Kier alpha value is -3.27. The monoisotopic (exact) mass is 454 g/mol. The molecule has 0 radical (unpaired) electrons. The van der Waals surface area contributed by atoms with E-state index in [0.29, 0.717) is 62.4 Å². The number of likely N-dealkylation sites (tertiary alicyclic amines) is 1. The van der Waals surface area contributed by atoms with Crippen molar-refractivity contribution >= 4 is 23.1 Å². The number of anilines is 1. The number of carbonyl (C=O) groups excluding carboxylic acids is 1. The lowest BCUT2D eigenvalue weighted by Gasteiger charge is -2.26. The van der Waals surface area contributed by atoms with E-state index in [1.54, 1.807) is 30.3 Å². The molecule has 2 aliphatic heterocycles. The van der Waals surface area contributed by atoms with Gasteiger partial charge in [0.05, 0.1) is 19.4 Å². The van der Waals surface area contributed by atoms with Crippen molar-refractivity contribution in [3.63, 3.8) is 0 Å². The molecule has 1 atom stereocenters. The van der Waals surface area contributed by atoms with Crippen LogP contribution in [0.5, 0.6) is 0 Å². The van der Waals surface area contributed by atoms with E-state index in [4.69, 9.17) is 4.74 Å². The largest absolute Gasteiger partial charge is 0.378 e. The molecule has 33 heavy (non-hydrogen) atoms. The molecule has 10 heteroatoms. The standard InChI is InChI=1S/C23H27FN6O3/c1-27-20-19(14-25-21(26-20)28-10-12-33-13-11-28)30(22(27)31)23(32)29-9-8-17(15-29)3-2-16-4-6-18(24)7-5-16/h4-7,14,17H,2-3,8-13,15H2,1H3/t17-/m1/s1. The van der Waals surface area contributed by atoms with Crippen molar-refractivity contribution in [2.24, 2.45) is 13.0 Å². The lowest BCUT2D eigenvalue weighted by atomic mass is 9.99. The summed E-state index contributed by atoms with van der Waals surface area (Å²) < 4.78 is 21.1. The summed E-state index contributed by atoms with van der Waals surface area (Å²) in [6.07, 6.45) is 4.18. The Morgan fingerprint density at radius 3 is 2.70 bits per heavy atom. The zero-order chi connectivity index (χ0) is 22.9. The predicted octanol–water partition coefficient (Wildman–Crippen LogP) is 2.03. The average Bonchev–Trinajstić information content (AvgIpc) is 3.42. The van der Waals surface area contributed by atoms with Gasteiger partial charge in [0, 0.05) is 33.2 Å². The minimum absolute atomic E-state index is 0.238. The van der Waals surface area contributed by atoms with E-state index in [1.807, 2.05) is 4.90 Å². The topological polar surface area (TPSA) is 85.5 Å². The summed E-state index contributed by atoms with van der Waals surface area (Å²) in [5.74, 6) is 0.639. The first-order valence-corrected chi connectivity index (χ1v) is 11.3. The van der Waals surface area contributed by atoms with Crippen LogP contribution >= 0.6 is 0 Å². The predicted molar refractivity (Wildman–Crippen MR) is 121 cm³/mol. The summed E-state index contributed by atoms with van der Waals surface area (Å²) in [6, 6.07) is 6.21. The Morgan fingerprint density at radius 2 is 1.94 bits per heavy atom. The second-order valence-electron chi connectivity index (χ2n) is 8.70. The number of ether oxygens (including phenoxy) is 1. The van der Waals surface area contributed by atoms with Crippen LogP contribution < -0.4 is 10.6 Å². The minimum atomic E-state index is -0.418. The van der Waals surface area contributed by atoms with Crippen LogP contribution in [0.15, 0.2) is 35.3 Å². The van der Waals surface area contributed by atoms with Crippen LogP contribution in [0, 0.1) is 11.7 Å². The first-order valence-electron chi connectivity index (χ1n) is 11.3. The third kappa shape index (κ3) is 4.22. The highest BCUT2D eigenvalue weighted by molar-refractivity contribution is 5.88. The third-order valence-corrected chi connectivity index (χ3v) is 6.57. The van der Waals surface area contributed by atoms with Crippen LogP contribution in [0.2, 0.25) is 0 Å². The lowest BCUT2D eigenvalue weighted by Crippen LogP contribution is -2.39. The molecule has 3 aromatic rings. The molecule has 2 saturated heterocycles. The zero-order valence-electron chi connectivity index (χ0n) is 18.6. The van der Waals surface area contributed by atoms with Crippen LogP contribution in [-0.2, 0) is 18.2 Å². The normalized spacial score (nSPS) is 18.9. The molecular formula is C23H27FN6O3. The summed E-state index contributed by atoms with van der Waals surface area (Å²) in [6.45, 7) is 3.78. The number of nitrogens with zero attached hydrogens (tertiary/aromatic N) is 6. The van der Waals surface area contributed by atoms with Crippen molar-refractivity contribution in [3.8, 4) is 0 Å². The van der Waals surface area contributed by atoms with Gasteiger partial charge in [-0.1, -0.05) is 12.1 Å². The number of halogens is 1. The molecule has 2 fully saturated rings. The SMILES string of the molecule is Cn1c(=O)n(C(=O)N2CC[C@@H](CCc3ccc(F)cc3)C2)c2cnc(N3CCOCC3)nc21. The number of aryl methyl sites for hydroxylation is 2. The fraction of sp³-hybridized carbons (Fsp3) is 0.478. The molecule has 0 bridgehead atoms. The highest BCUT2D eigenvalue weighted by Gasteiger charge is 2.30. The molecule has 0 unspecified atom stereocenters. The number of imidazole rings is 1. The second-order valence-corrected chi connectivity index (χ2v) is 8.70. The summed E-state index contributed by atoms with van der Waals surface area (Å²) in [5.41, 5.74) is 1.52. The highest BCUT2D eigenvalue weighted by atomic mass is 19.1. The van der Waals surface area contributed by atoms with Crippen LogP contribution in [0.3, 0.4) is 0 Å². The number of morpholine rings is 1. The Labute approximate surface area is 190 Å². The van der Waals surface area contributed by atoms with E-state index in [2.05, 4.69) is 9.97 Å². The Balaban J connectivity index is 1.31. The molecule has 0 aliphatic carbocycles. The molecule has 5 rings (SSSR count). The van der Waals surface area contributed by atoms with Crippen LogP contribution in [0.25, 0.3) is 11.2 Å².